The van der Waals surface area contributed by atoms with Gasteiger partial charge in [0, 0.05) is 24.2 Å². The second kappa shape index (κ2) is 10.3. The maximum atomic E-state index is 6.31. The van der Waals surface area contributed by atoms with E-state index in [1.165, 1.54) is 24.0 Å². The fraction of sp³-hybridized carbons (Fsp3) is 0.565. The van der Waals surface area contributed by atoms with Gasteiger partial charge in [-0.15, -0.1) is 0 Å². The zero-order valence-electron chi connectivity index (χ0n) is 18.2. The largest absolute Gasteiger partial charge is 0.490 e. The molecule has 3 rings (SSSR count). The fourth-order valence-electron chi connectivity index (χ4n) is 3.76. The molecule has 2 N–H and O–H groups in total. The van der Waals surface area contributed by atoms with Crippen LogP contribution in [-0.2, 0) is 13.0 Å². The number of hydrogen-bond acceptors (Lipinski definition) is 4. The van der Waals surface area contributed by atoms with Crippen molar-refractivity contribution in [1.82, 2.24) is 15.8 Å². The smallest absolute Gasteiger partial charge is 0.191 e. The van der Waals surface area contributed by atoms with Crippen LogP contribution >= 0.6 is 0 Å². The highest BCUT2D eigenvalue weighted by Crippen LogP contribution is 2.28. The molecule has 1 aromatic heterocycles. The highest BCUT2D eigenvalue weighted by molar-refractivity contribution is 5.79. The van der Waals surface area contributed by atoms with E-state index in [-0.39, 0.29) is 0 Å². The van der Waals surface area contributed by atoms with E-state index in [2.05, 4.69) is 47.8 Å². The third kappa shape index (κ3) is 5.99. The summed E-state index contributed by atoms with van der Waals surface area (Å²) in [6.45, 7) is 10.3. The number of nitrogens with zero attached hydrogens (tertiary/aromatic N) is 2. The Balaban J connectivity index is 1.63. The molecule has 1 fully saturated rings. The van der Waals surface area contributed by atoms with Gasteiger partial charge < -0.3 is 19.9 Å². The van der Waals surface area contributed by atoms with Gasteiger partial charge in [0.05, 0.1) is 18.3 Å². The average molecular weight is 399 g/mol. The minimum absolute atomic E-state index is 0.348. The van der Waals surface area contributed by atoms with E-state index in [0.717, 1.165) is 61.1 Å². The van der Waals surface area contributed by atoms with Crippen molar-refractivity contribution < 1.29 is 9.26 Å². The summed E-state index contributed by atoms with van der Waals surface area (Å²) in [7, 11) is 0. The zero-order valence-corrected chi connectivity index (χ0v) is 18.2. The molecule has 1 heterocycles. The van der Waals surface area contributed by atoms with Crippen LogP contribution in [0.1, 0.15) is 60.8 Å². The molecule has 6 nitrogen and oxygen atoms in total. The molecule has 29 heavy (non-hydrogen) atoms. The number of aryl methyl sites for hydroxylation is 3. The van der Waals surface area contributed by atoms with Gasteiger partial charge in [0.25, 0.3) is 0 Å². The average Bonchev–Trinajstić information content (AvgIpc) is 3.32. The first-order valence-electron chi connectivity index (χ1n) is 10.8. The van der Waals surface area contributed by atoms with Gasteiger partial charge >= 0.3 is 0 Å². The van der Waals surface area contributed by atoms with Crippen molar-refractivity contribution in [3.8, 4) is 5.75 Å². The first kappa shape index (κ1) is 21.2. The molecule has 1 saturated carbocycles. The molecule has 1 aliphatic rings. The molecule has 1 aromatic carbocycles. The van der Waals surface area contributed by atoms with Gasteiger partial charge in [-0.25, -0.2) is 4.99 Å². The molecule has 0 atom stereocenters. The molecule has 2 aromatic rings. The minimum atomic E-state index is 0.348. The van der Waals surface area contributed by atoms with Gasteiger partial charge in [0.1, 0.15) is 11.5 Å². The lowest BCUT2D eigenvalue weighted by atomic mass is 10.1. The van der Waals surface area contributed by atoms with E-state index in [1.807, 2.05) is 13.8 Å². The molecular weight excluding hydrogens is 364 g/mol. The maximum absolute atomic E-state index is 6.31. The standard InChI is InChI=1S/C23H34N4O2/c1-5-24-23(25-13-12-21-17(3)27-29-18(21)4)26-15-19-11-10-16(2)14-22(19)28-20-8-6-7-9-20/h10-11,14,20H,5-9,12-13,15H2,1-4H3,(H2,24,25,26). The molecule has 1 aliphatic carbocycles. The Bertz CT molecular complexity index is 803. The topological polar surface area (TPSA) is 71.7 Å². The Morgan fingerprint density at radius 3 is 2.69 bits per heavy atom. The Morgan fingerprint density at radius 1 is 1.21 bits per heavy atom. The van der Waals surface area contributed by atoms with Gasteiger partial charge in [0.15, 0.2) is 5.96 Å². The normalized spacial score (nSPS) is 15.0. The summed E-state index contributed by atoms with van der Waals surface area (Å²) in [5.74, 6) is 2.68. The lowest BCUT2D eigenvalue weighted by Crippen LogP contribution is -2.38. The minimum Gasteiger partial charge on any atom is -0.490 e. The van der Waals surface area contributed by atoms with E-state index >= 15 is 0 Å². The van der Waals surface area contributed by atoms with Crippen LogP contribution in [-0.4, -0.2) is 30.3 Å². The number of ether oxygens (including phenoxy) is 1. The molecule has 0 bridgehead atoms. The SMILES string of the molecule is CCNC(=NCc1ccc(C)cc1OC1CCCC1)NCCc1c(C)noc1C. The van der Waals surface area contributed by atoms with Crippen LogP contribution in [0.4, 0.5) is 0 Å². The summed E-state index contributed by atoms with van der Waals surface area (Å²) in [6.07, 6.45) is 6.05. The van der Waals surface area contributed by atoms with Gasteiger partial charge in [-0.05, 0) is 71.4 Å². The summed E-state index contributed by atoms with van der Waals surface area (Å²) in [5, 5.41) is 10.8. The number of hydrogen-bond donors (Lipinski definition) is 2. The monoisotopic (exact) mass is 398 g/mol. The van der Waals surface area contributed by atoms with Crippen molar-refractivity contribution in [2.75, 3.05) is 13.1 Å². The summed E-state index contributed by atoms with van der Waals surface area (Å²) >= 11 is 0. The van der Waals surface area contributed by atoms with E-state index in [9.17, 15) is 0 Å². The summed E-state index contributed by atoms with van der Waals surface area (Å²) in [6, 6.07) is 6.40. The van der Waals surface area contributed by atoms with Gasteiger partial charge in [0.2, 0.25) is 0 Å². The molecule has 0 radical (unpaired) electrons. The highest BCUT2D eigenvalue weighted by atomic mass is 16.5. The van der Waals surface area contributed by atoms with E-state index < -0.39 is 0 Å². The number of rotatable bonds is 8. The predicted octanol–water partition coefficient (Wildman–Crippen LogP) is 4.22. The lowest BCUT2D eigenvalue weighted by molar-refractivity contribution is 0.208. The van der Waals surface area contributed by atoms with Crippen LogP contribution in [0.15, 0.2) is 27.7 Å². The molecule has 0 saturated heterocycles. The summed E-state index contributed by atoms with van der Waals surface area (Å²) < 4.78 is 11.6. The fourth-order valence-corrected chi connectivity index (χ4v) is 3.76. The van der Waals surface area contributed by atoms with Gasteiger partial charge in [-0.1, -0.05) is 17.3 Å². The van der Waals surface area contributed by atoms with Crippen LogP contribution < -0.4 is 15.4 Å². The van der Waals surface area contributed by atoms with Crippen molar-refractivity contribution in [2.45, 2.75) is 72.4 Å². The molecule has 6 heteroatoms. The van der Waals surface area contributed by atoms with Crippen molar-refractivity contribution in [3.63, 3.8) is 0 Å². The molecule has 158 valence electrons. The number of aromatic nitrogens is 1. The third-order valence-electron chi connectivity index (χ3n) is 5.42. The predicted molar refractivity (Wildman–Crippen MR) is 117 cm³/mol. The van der Waals surface area contributed by atoms with Crippen LogP contribution in [0.5, 0.6) is 5.75 Å². The van der Waals surface area contributed by atoms with Crippen LogP contribution in [0, 0.1) is 20.8 Å². The maximum Gasteiger partial charge on any atom is 0.191 e. The first-order chi connectivity index (χ1) is 14.1. The molecule has 0 amide bonds. The van der Waals surface area contributed by atoms with Crippen molar-refractivity contribution >= 4 is 5.96 Å². The second-order valence-electron chi connectivity index (χ2n) is 7.81. The Labute approximate surface area is 174 Å². The second-order valence-corrected chi connectivity index (χ2v) is 7.81. The van der Waals surface area contributed by atoms with Crippen LogP contribution in [0.2, 0.25) is 0 Å². The summed E-state index contributed by atoms with van der Waals surface area (Å²) in [4.78, 5) is 4.79. The third-order valence-corrected chi connectivity index (χ3v) is 5.42. The van der Waals surface area contributed by atoms with Crippen molar-refractivity contribution in [1.29, 1.82) is 0 Å². The summed E-state index contributed by atoms with van der Waals surface area (Å²) in [5.41, 5.74) is 4.47. The Hall–Kier alpha value is -2.50. The Morgan fingerprint density at radius 2 is 2.00 bits per heavy atom. The number of aliphatic imine (C=N–C) groups is 1. The highest BCUT2D eigenvalue weighted by Gasteiger charge is 2.18. The van der Waals surface area contributed by atoms with Gasteiger partial charge in [-0.3, -0.25) is 0 Å². The molecular formula is C23H34N4O2. The van der Waals surface area contributed by atoms with Crippen LogP contribution in [0.3, 0.4) is 0 Å². The lowest BCUT2D eigenvalue weighted by Gasteiger charge is -2.17. The number of nitrogens with one attached hydrogen (secondary N) is 2. The van der Waals surface area contributed by atoms with E-state index in [0.29, 0.717) is 12.6 Å². The quantitative estimate of drug-likeness (QED) is 0.515. The molecule has 0 spiro atoms. The number of benzene rings is 1. The Kier molecular flexibility index (Phi) is 7.55. The number of guanidine groups is 1. The van der Waals surface area contributed by atoms with E-state index in [1.54, 1.807) is 0 Å². The first-order valence-corrected chi connectivity index (χ1v) is 10.8. The van der Waals surface area contributed by atoms with E-state index in [4.69, 9.17) is 14.3 Å². The molecule has 0 unspecified atom stereocenters. The molecule has 0 aliphatic heterocycles. The van der Waals surface area contributed by atoms with Crippen LogP contribution in [0.25, 0.3) is 0 Å². The van der Waals surface area contributed by atoms with Crippen molar-refractivity contribution in [2.24, 2.45) is 4.99 Å². The van der Waals surface area contributed by atoms with Gasteiger partial charge in [-0.2, -0.15) is 0 Å². The zero-order chi connectivity index (χ0) is 20.6. The van der Waals surface area contributed by atoms with Crippen molar-refractivity contribution in [3.05, 3.63) is 46.3 Å².